The summed E-state index contributed by atoms with van der Waals surface area (Å²) in [6, 6.07) is 0. The molecule has 0 aromatic carbocycles. The molecule has 9 heteroatoms. The van der Waals surface area contributed by atoms with E-state index < -0.39 is 27.7 Å². The number of unbranched alkanes of at least 4 members (excludes halogenated alkanes) is 5. The van der Waals surface area contributed by atoms with E-state index in [-0.39, 0.29) is 6.42 Å². The maximum atomic E-state index is 13.0. The monoisotopic (exact) mass is 339 g/mol. The fourth-order valence-electron chi connectivity index (χ4n) is 1.46. The Morgan fingerprint density at radius 1 is 0.952 bits per heavy atom. The Balaban J connectivity index is 0. The minimum atomic E-state index is -6.09. The van der Waals surface area contributed by atoms with Gasteiger partial charge in [0.05, 0.1) is 0 Å². The van der Waals surface area contributed by atoms with Crippen LogP contribution in [0.3, 0.4) is 0 Å². The first-order valence-corrected chi connectivity index (χ1v) is 8.23. The molecule has 0 aliphatic rings. The topological polar surface area (TPSA) is 66.4 Å². The van der Waals surface area contributed by atoms with Crippen molar-refractivity contribution in [1.29, 1.82) is 0 Å². The molecule has 0 aromatic heterocycles. The summed E-state index contributed by atoms with van der Waals surface area (Å²) < 4.78 is 80.0. The molecule has 0 amide bonds. The first kappa shape index (κ1) is 22.9. The first-order chi connectivity index (χ1) is 9.47. The Bertz CT molecular complexity index is 362. The third-order valence-electron chi connectivity index (χ3n) is 2.59. The van der Waals surface area contributed by atoms with Gasteiger partial charge in [0.25, 0.3) is 0 Å². The van der Waals surface area contributed by atoms with Gasteiger partial charge in [-0.1, -0.05) is 39.0 Å². The quantitative estimate of drug-likeness (QED) is 0.382. The molecule has 0 aliphatic carbocycles. The van der Waals surface area contributed by atoms with Crippen LogP contribution in [0, 0.1) is 0 Å². The number of rotatable bonds is 9. The molecule has 2 N–H and O–H groups in total. The zero-order chi connectivity index (χ0) is 17.2. The van der Waals surface area contributed by atoms with Crippen LogP contribution in [0.1, 0.15) is 51.9 Å². The largest absolute Gasteiger partial charge is 0.431 e. The molecule has 0 spiro atoms. The molecule has 0 bridgehead atoms. The van der Waals surface area contributed by atoms with Gasteiger partial charge in [-0.2, -0.15) is 26.0 Å². The summed E-state index contributed by atoms with van der Waals surface area (Å²) in [5, 5.41) is -2.68. The van der Waals surface area contributed by atoms with Crippen LogP contribution in [-0.4, -0.2) is 38.2 Å². The first-order valence-electron chi connectivity index (χ1n) is 6.79. The molecule has 0 rings (SSSR count). The molecule has 4 nitrogen and oxygen atoms in total. The lowest BCUT2D eigenvalue weighted by molar-refractivity contribution is -0.164. The van der Waals surface area contributed by atoms with Crippen molar-refractivity contribution in [3.8, 4) is 0 Å². The highest BCUT2D eigenvalue weighted by Crippen LogP contribution is 2.41. The van der Waals surface area contributed by atoms with Gasteiger partial charge in [0, 0.05) is 6.42 Å². The Labute approximate surface area is 124 Å². The predicted octanol–water partition coefficient (Wildman–Crippen LogP) is 3.69. The Kier molecular flexibility index (Phi) is 11.3. The van der Waals surface area contributed by atoms with Gasteiger partial charge in [-0.3, -0.25) is 4.55 Å². The van der Waals surface area contributed by atoms with Crippen LogP contribution >= 0.6 is 0 Å². The lowest BCUT2D eigenvalue weighted by Gasteiger charge is -2.23. The Morgan fingerprint density at radius 3 is 1.71 bits per heavy atom. The molecule has 0 aromatic rings. The van der Waals surface area contributed by atoms with E-state index in [4.69, 9.17) is 4.55 Å². The molecule has 130 valence electrons. The summed E-state index contributed by atoms with van der Waals surface area (Å²) in [5.41, 5.74) is 0. The minimum absolute atomic E-state index is 0.207. The van der Waals surface area contributed by atoms with Gasteiger partial charge in [-0.15, -0.1) is 0 Å². The van der Waals surface area contributed by atoms with Gasteiger partial charge in [0.2, 0.25) is 0 Å². The molecule has 0 unspecified atom stereocenters. The average Bonchev–Trinajstić information content (AvgIpc) is 2.33. The molecule has 0 atom stereocenters. The van der Waals surface area contributed by atoms with E-state index in [1.807, 2.05) is 21.0 Å². The number of hydrogen-bond donors (Lipinski definition) is 2. The summed E-state index contributed by atoms with van der Waals surface area (Å²) in [6.45, 7) is 1.97. The number of halogens is 4. The van der Waals surface area contributed by atoms with Crippen molar-refractivity contribution in [2.75, 3.05) is 14.1 Å². The minimum Gasteiger partial charge on any atom is -0.323 e. The molecule has 0 heterocycles. The summed E-state index contributed by atoms with van der Waals surface area (Å²) in [6.07, 6.45) is 2.25. The molecular weight excluding hydrogens is 314 g/mol. The standard InChI is InChI=1S/C10H18F4O3S.C2H7N/c1-2-3-4-5-6-7-8-9(11,12)10(13,14)18(15,16)17;1-3-2/h2-8H2,1H3,(H,15,16,17);3H,1-2H3. The van der Waals surface area contributed by atoms with Gasteiger partial charge in [-0.25, -0.2) is 0 Å². The van der Waals surface area contributed by atoms with Crippen molar-refractivity contribution >= 4 is 10.1 Å². The molecule has 0 saturated carbocycles. The van der Waals surface area contributed by atoms with E-state index in [9.17, 15) is 26.0 Å². The fourth-order valence-corrected chi connectivity index (χ4v) is 1.94. The molecular formula is C12H25F4NO3S. The number of nitrogens with one attached hydrogen (secondary N) is 1. The van der Waals surface area contributed by atoms with Crippen LogP contribution in [0.2, 0.25) is 0 Å². The third kappa shape index (κ3) is 8.57. The summed E-state index contributed by atoms with van der Waals surface area (Å²) in [5.74, 6) is -4.74. The summed E-state index contributed by atoms with van der Waals surface area (Å²) in [4.78, 5) is 0. The van der Waals surface area contributed by atoms with E-state index in [0.29, 0.717) is 12.8 Å². The highest BCUT2D eigenvalue weighted by atomic mass is 32.2. The van der Waals surface area contributed by atoms with Crippen molar-refractivity contribution < 1.29 is 30.5 Å². The highest BCUT2D eigenvalue weighted by molar-refractivity contribution is 7.87. The maximum absolute atomic E-state index is 13.0. The van der Waals surface area contributed by atoms with Crippen molar-refractivity contribution in [3.05, 3.63) is 0 Å². The van der Waals surface area contributed by atoms with E-state index in [1.165, 1.54) is 0 Å². The Hall–Kier alpha value is -0.410. The van der Waals surface area contributed by atoms with Crippen molar-refractivity contribution in [2.24, 2.45) is 0 Å². The van der Waals surface area contributed by atoms with Crippen LogP contribution in [0.4, 0.5) is 17.6 Å². The highest BCUT2D eigenvalue weighted by Gasteiger charge is 2.64. The molecule has 0 saturated heterocycles. The van der Waals surface area contributed by atoms with Crippen molar-refractivity contribution in [1.82, 2.24) is 5.32 Å². The predicted molar refractivity (Wildman–Crippen MR) is 74.4 cm³/mol. The fraction of sp³-hybridized carbons (Fsp3) is 1.00. The van der Waals surface area contributed by atoms with E-state index in [2.05, 4.69) is 5.32 Å². The molecule has 0 fully saturated rings. The van der Waals surface area contributed by atoms with E-state index in [1.54, 1.807) is 0 Å². The Morgan fingerprint density at radius 2 is 1.33 bits per heavy atom. The van der Waals surface area contributed by atoms with Gasteiger partial charge in [-0.05, 0) is 20.5 Å². The van der Waals surface area contributed by atoms with Crippen LogP contribution in [-0.2, 0) is 10.1 Å². The SMILES string of the molecule is CCCCCCCCC(F)(F)C(F)(F)S(=O)(=O)O.CNC. The van der Waals surface area contributed by atoms with Crippen molar-refractivity contribution in [2.45, 2.75) is 63.0 Å². The van der Waals surface area contributed by atoms with E-state index >= 15 is 0 Å². The smallest absolute Gasteiger partial charge is 0.323 e. The zero-order valence-corrected chi connectivity index (χ0v) is 13.5. The van der Waals surface area contributed by atoms with Gasteiger partial charge < -0.3 is 5.32 Å². The third-order valence-corrected chi connectivity index (χ3v) is 3.54. The maximum Gasteiger partial charge on any atom is 0.431 e. The van der Waals surface area contributed by atoms with E-state index in [0.717, 1.165) is 19.3 Å². The lowest BCUT2D eigenvalue weighted by Crippen LogP contribution is -2.46. The second kappa shape index (κ2) is 10.3. The van der Waals surface area contributed by atoms with Crippen LogP contribution in [0.15, 0.2) is 0 Å². The normalized spacial score (nSPS) is 12.8. The second-order valence-corrected chi connectivity index (χ2v) is 6.18. The van der Waals surface area contributed by atoms with Gasteiger partial charge in [0.15, 0.2) is 0 Å². The number of alkyl halides is 4. The zero-order valence-electron chi connectivity index (χ0n) is 12.6. The lowest BCUT2D eigenvalue weighted by atomic mass is 10.1. The molecule has 0 aliphatic heterocycles. The van der Waals surface area contributed by atoms with Crippen LogP contribution < -0.4 is 5.32 Å². The summed E-state index contributed by atoms with van der Waals surface area (Å²) in [7, 11) is -2.34. The average molecular weight is 339 g/mol. The molecule has 21 heavy (non-hydrogen) atoms. The molecule has 0 radical (unpaired) electrons. The van der Waals surface area contributed by atoms with Gasteiger partial charge >= 0.3 is 21.3 Å². The second-order valence-electron chi connectivity index (χ2n) is 4.71. The van der Waals surface area contributed by atoms with Crippen LogP contribution in [0.5, 0.6) is 0 Å². The van der Waals surface area contributed by atoms with Gasteiger partial charge in [0.1, 0.15) is 0 Å². The van der Waals surface area contributed by atoms with Crippen molar-refractivity contribution in [3.63, 3.8) is 0 Å². The van der Waals surface area contributed by atoms with Crippen LogP contribution in [0.25, 0.3) is 0 Å². The summed E-state index contributed by atoms with van der Waals surface area (Å²) >= 11 is 0. The number of hydrogen-bond acceptors (Lipinski definition) is 3.